The highest BCUT2D eigenvalue weighted by Crippen LogP contribution is 2.32. The average molecular weight is 562 g/mol. The zero-order chi connectivity index (χ0) is 27.4. The zero-order valence-corrected chi connectivity index (χ0v) is 23.0. The first kappa shape index (κ1) is 26.7. The third-order valence-corrected chi connectivity index (χ3v) is 8.19. The van der Waals surface area contributed by atoms with Crippen molar-refractivity contribution < 1.29 is 17.9 Å². The Morgan fingerprint density at radius 2 is 1.59 bits per heavy atom. The van der Waals surface area contributed by atoms with Crippen LogP contribution in [0, 0.1) is 0 Å². The van der Waals surface area contributed by atoms with Crippen molar-refractivity contribution in [2.45, 2.75) is 6.54 Å². The van der Waals surface area contributed by atoms with Crippen molar-refractivity contribution in [3.05, 3.63) is 108 Å². The summed E-state index contributed by atoms with van der Waals surface area (Å²) in [5.41, 5.74) is 4.25. The quantitative estimate of drug-likeness (QED) is 0.129. The van der Waals surface area contributed by atoms with Gasteiger partial charge in [0.25, 0.3) is 0 Å². The van der Waals surface area contributed by atoms with E-state index in [1.165, 1.54) is 34.0 Å². The first-order chi connectivity index (χ1) is 18.8. The molecular formula is C30H28ClN3O4S. The van der Waals surface area contributed by atoms with Gasteiger partial charge in [-0.25, -0.2) is 8.42 Å². The van der Waals surface area contributed by atoms with Gasteiger partial charge in [0.15, 0.2) is 5.78 Å². The Morgan fingerprint density at radius 1 is 0.897 bits per heavy atom. The molecule has 0 aliphatic heterocycles. The SMILES string of the molecule is CS(=O)(=O)N(Cl)c1ccc(C(=O)CNCCOc2ccc3c4ccccc4n(Cc4ccccc4)c3c2)cc1. The number of benzene rings is 4. The van der Waals surface area contributed by atoms with Gasteiger partial charge in [0, 0.05) is 52.8 Å². The standard InChI is InChI=1S/C30H28ClN3O4S/c1-39(36,37)34(31)24-13-11-23(12-14-24)30(35)20-32-17-18-38-25-15-16-27-26-9-5-6-10-28(26)33(29(27)19-25)21-22-7-3-2-4-8-22/h2-16,19,32H,17-18,20-21H2,1H3. The summed E-state index contributed by atoms with van der Waals surface area (Å²) in [6, 6.07) is 31.0. The molecule has 1 N–H and O–H groups in total. The van der Waals surface area contributed by atoms with Crippen LogP contribution in [-0.4, -0.2) is 44.7 Å². The molecule has 4 aromatic carbocycles. The van der Waals surface area contributed by atoms with Crippen molar-refractivity contribution in [1.29, 1.82) is 0 Å². The van der Waals surface area contributed by atoms with E-state index in [9.17, 15) is 13.2 Å². The molecule has 1 aromatic heterocycles. The third-order valence-electron chi connectivity index (χ3n) is 6.45. The number of ether oxygens (including phenoxy) is 1. The van der Waals surface area contributed by atoms with Crippen molar-refractivity contribution in [2.75, 3.05) is 29.8 Å². The fraction of sp³-hybridized carbons (Fsp3) is 0.167. The molecule has 0 atom stereocenters. The maximum Gasteiger partial charge on any atom is 0.246 e. The molecule has 200 valence electrons. The number of carbonyl (C=O) groups excluding carboxylic acids is 1. The van der Waals surface area contributed by atoms with E-state index in [0.29, 0.717) is 22.5 Å². The maximum atomic E-state index is 12.5. The molecule has 0 saturated heterocycles. The average Bonchev–Trinajstić information content (AvgIpc) is 3.25. The molecule has 0 aliphatic carbocycles. The smallest absolute Gasteiger partial charge is 0.246 e. The number of hydrogen-bond acceptors (Lipinski definition) is 5. The molecule has 9 heteroatoms. The molecule has 5 rings (SSSR count). The molecule has 39 heavy (non-hydrogen) atoms. The van der Waals surface area contributed by atoms with Crippen LogP contribution in [0.15, 0.2) is 97.1 Å². The number of fused-ring (bicyclic) bond motifs is 3. The van der Waals surface area contributed by atoms with Crippen LogP contribution in [-0.2, 0) is 16.6 Å². The first-order valence-electron chi connectivity index (χ1n) is 12.5. The molecule has 1 heterocycles. The lowest BCUT2D eigenvalue weighted by Crippen LogP contribution is -2.27. The summed E-state index contributed by atoms with van der Waals surface area (Å²) in [6.07, 6.45) is 1.01. The molecule has 0 unspecified atom stereocenters. The molecule has 0 spiro atoms. The number of ketones is 1. The van der Waals surface area contributed by atoms with Gasteiger partial charge >= 0.3 is 0 Å². The molecule has 0 saturated carbocycles. The Hall–Kier alpha value is -3.85. The molecular weight excluding hydrogens is 534 g/mol. The van der Waals surface area contributed by atoms with Crippen LogP contribution in [0.4, 0.5) is 5.69 Å². The largest absolute Gasteiger partial charge is 0.492 e. The highest BCUT2D eigenvalue weighted by molar-refractivity contribution is 7.93. The fourth-order valence-corrected chi connectivity index (χ4v) is 5.17. The summed E-state index contributed by atoms with van der Waals surface area (Å²) in [5.74, 6) is 0.647. The Labute approximate surface area is 232 Å². The predicted molar refractivity (Wildman–Crippen MR) is 157 cm³/mol. The van der Waals surface area contributed by atoms with Crippen LogP contribution in [0.25, 0.3) is 21.8 Å². The van der Waals surface area contributed by atoms with Gasteiger partial charge in [-0.3, -0.25) is 4.79 Å². The van der Waals surface area contributed by atoms with Crippen molar-refractivity contribution in [3.8, 4) is 5.75 Å². The number of rotatable bonds is 11. The number of nitrogens with one attached hydrogen (secondary N) is 1. The second kappa shape index (κ2) is 11.5. The van der Waals surface area contributed by atoms with E-state index in [1.54, 1.807) is 12.1 Å². The zero-order valence-electron chi connectivity index (χ0n) is 21.4. The second-order valence-corrected chi connectivity index (χ2v) is 11.6. The first-order valence-corrected chi connectivity index (χ1v) is 14.7. The minimum Gasteiger partial charge on any atom is -0.492 e. The number of Topliss-reactive ketones (excluding diaryl/α,β-unsaturated/α-hetero) is 1. The van der Waals surface area contributed by atoms with Gasteiger partial charge in [-0.15, -0.1) is 0 Å². The minimum atomic E-state index is -3.58. The minimum absolute atomic E-state index is 0.117. The monoisotopic (exact) mass is 561 g/mol. The molecule has 0 bridgehead atoms. The molecule has 0 radical (unpaired) electrons. The number of halogens is 1. The lowest BCUT2D eigenvalue weighted by atomic mass is 10.1. The van der Waals surface area contributed by atoms with Crippen molar-refractivity contribution in [2.24, 2.45) is 0 Å². The maximum absolute atomic E-state index is 12.5. The molecule has 0 aliphatic rings. The van der Waals surface area contributed by atoms with E-state index in [1.807, 2.05) is 12.1 Å². The van der Waals surface area contributed by atoms with E-state index < -0.39 is 10.0 Å². The van der Waals surface area contributed by atoms with Crippen molar-refractivity contribution in [1.82, 2.24) is 9.88 Å². The number of nitrogens with zero attached hydrogens (tertiary/aromatic N) is 2. The summed E-state index contributed by atoms with van der Waals surface area (Å²) in [7, 11) is -3.58. The topological polar surface area (TPSA) is 80.6 Å². The summed E-state index contributed by atoms with van der Waals surface area (Å²) >= 11 is 5.81. The second-order valence-electron chi connectivity index (χ2n) is 9.24. The highest BCUT2D eigenvalue weighted by Gasteiger charge is 2.15. The summed E-state index contributed by atoms with van der Waals surface area (Å²) in [5, 5.41) is 5.49. The van der Waals surface area contributed by atoms with E-state index >= 15 is 0 Å². The Bertz CT molecular complexity index is 1720. The summed E-state index contributed by atoms with van der Waals surface area (Å²) in [6.45, 7) is 1.77. The van der Waals surface area contributed by atoms with E-state index in [-0.39, 0.29) is 18.0 Å². The van der Waals surface area contributed by atoms with Gasteiger partial charge in [-0.2, -0.15) is 3.82 Å². The third kappa shape index (κ3) is 6.09. The van der Waals surface area contributed by atoms with Crippen molar-refractivity contribution >= 4 is 55.1 Å². The van der Waals surface area contributed by atoms with Gasteiger partial charge in [-0.1, -0.05) is 48.5 Å². The molecule has 7 nitrogen and oxygen atoms in total. The van der Waals surface area contributed by atoms with Gasteiger partial charge in [-0.05, 0) is 48.0 Å². The lowest BCUT2D eigenvalue weighted by Gasteiger charge is -2.13. The summed E-state index contributed by atoms with van der Waals surface area (Å²) in [4.78, 5) is 12.5. The molecule has 0 fully saturated rings. The lowest BCUT2D eigenvalue weighted by molar-refractivity contribution is 0.0990. The number of hydrogen-bond donors (Lipinski definition) is 1. The number of sulfonamides is 1. The van der Waals surface area contributed by atoms with Gasteiger partial charge < -0.3 is 14.6 Å². The van der Waals surface area contributed by atoms with Crippen molar-refractivity contribution in [3.63, 3.8) is 0 Å². The molecule has 5 aromatic rings. The Balaban J connectivity index is 1.20. The highest BCUT2D eigenvalue weighted by atomic mass is 35.5. The van der Waals surface area contributed by atoms with E-state index in [2.05, 4.69) is 70.5 Å². The van der Waals surface area contributed by atoms with E-state index in [4.69, 9.17) is 16.5 Å². The fourth-order valence-electron chi connectivity index (χ4n) is 4.56. The normalized spacial score (nSPS) is 11.6. The summed E-state index contributed by atoms with van der Waals surface area (Å²) < 4.78 is 32.1. The Morgan fingerprint density at radius 3 is 2.33 bits per heavy atom. The number of aromatic nitrogens is 1. The predicted octanol–water partition coefficient (Wildman–Crippen LogP) is 5.61. The van der Waals surface area contributed by atoms with Crippen LogP contribution in [0.1, 0.15) is 15.9 Å². The van der Waals surface area contributed by atoms with E-state index in [0.717, 1.165) is 24.1 Å². The number of para-hydroxylation sites is 1. The number of anilines is 1. The van der Waals surface area contributed by atoms with Gasteiger partial charge in [0.05, 0.1) is 24.0 Å². The van der Waals surface area contributed by atoms with Crippen LogP contribution in [0.3, 0.4) is 0 Å². The van der Waals surface area contributed by atoms with Gasteiger partial charge in [0.2, 0.25) is 10.0 Å². The van der Waals surface area contributed by atoms with Gasteiger partial charge in [0.1, 0.15) is 12.4 Å². The van der Waals surface area contributed by atoms with Crippen LogP contribution >= 0.6 is 11.8 Å². The Kier molecular flexibility index (Phi) is 7.88. The number of carbonyl (C=O) groups is 1. The molecule has 0 amide bonds. The van der Waals surface area contributed by atoms with Crippen LogP contribution in [0.2, 0.25) is 0 Å². The van der Waals surface area contributed by atoms with Crippen LogP contribution in [0.5, 0.6) is 5.75 Å². The van der Waals surface area contributed by atoms with Crippen LogP contribution < -0.4 is 13.9 Å².